The van der Waals surface area contributed by atoms with E-state index in [0.29, 0.717) is 22.6 Å². The molecule has 1 aliphatic rings. The highest BCUT2D eigenvalue weighted by molar-refractivity contribution is 6.30. The molecular formula is C27H29ClF3N3O3. The summed E-state index contributed by atoms with van der Waals surface area (Å²) < 4.78 is 43.3. The van der Waals surface area contributed by atoms with Crippen LogP contribution in [0.5, 0.6) is 0 Å². The van der Waals surface area contributed by atoms with Crippen molar-refractivity contribution >= 4 is 34.4 Å². The number of piperidine rings is 1. The van der Waals surface area contributed by atoms with E-state index < -0.39 is 18.2 Å². The number of alkyl halides is 3. The molecule has 0 radical (unpaired) electrons. The molecule has 198 valence electrons. The van der Waals surface area contributed by atoms with Crippen molar-refractivity contribution in [2.24, 2.45) is 0 Å². The lowest BCUT2D eigenvalue weighted by molar-refractivity contribution is -0.205. The van der Waals surface area contributed by atoms with Crippen molar-refractivity contribution in [2.45, 2.75) is 50.9 Å². The van der Waals surface area contributed by atoms with Gasteiger partial charge < -0.3 is 19.9 Å². The number of fused-ring (bicyclic) bond motifs is 1. The smallest absolute Gasteiger partial charge is 0.449 e. The van der Waals surface area contributed by atoms with Crippen LogP contribution in [0.3, 0.4) is 0 Å². The predicted molar refractivity (Wildman–Crippen MR) is 136 cm³/mol. The first-order valence-electron chi connectivity index (χ1n) is 12.3. The van der Waals surface area contributed by atoms with Gasteiger partial charge in [-0.25, -0.2) is 4.79 Å². The van der Waals surface area contributed by atoms with Gasteiger partial charge in [-0.1, -0.05) is 29.8 Å². The molecule has 2 aromatic carbocycles. The van der Waals surface area contributed by atoms with E-state index in [1.165, 1.54) is 6.07 Å². The zero-order chi connectivity index (χ0) is 26.6. The lowest BCUT2D eigenvalue weighted by atomic mass is 10.0. The van der Waals surface area contributed by atoms with Gasteiger partial charge >= 0.3 is 12.1 Å². The first-order chi connectivity index (χ1) is 17.6. The van der Waals surface area contributed by atoms with Crippen LogP contribution in [0.2, 0.25) is 5.02 Å². The molecule has 0 spiro atoms. The van der Waals surface area contributed by atoms with Crippen molar-refractivity contribution in [1.82, 2.24) is 15.2 Å². The molecule has 1 amide bonds. The van der Waals surface area contributed by atoms with E-state index in [-0.39, 0.29) is 18.5 Å². The van der Waals surface area contributed by atoms with Crippen molar-refractivity contribution in [2.75, 3.05) is 19.6 Å². The first kappa shape index (κ1) is 27.0. The van der Waals surface area contributed by atoms with Crippen LogP contribution in [-0.2, 0) is 16.0 Å². The number of nitrogens with one attached hydrogen (secondary N) is 2. The van der Waals surface area contributed by atoms with E-state index in [2.05, 4.69) is 10.3 Å². The molecule has 1 aromatic heterocycles. The molecule has 0 bridgehead atoms. The van der Waals surface area contributed by atoms with Gasteiger partial charge in [-0.2, -0.15) is 13.2 Å². The number of rotatable bonds is 8. The fourth-order valence-electron chi connectivity index (χ4n) is 4.61. The second-order valence-electron chi connectivity index (χ2n) is 9.39. The average molecular weight is 536 g/mol. The van der Waals surface area contributed by atoms with E-state index in [1.807, 2.05) is 36.2 Å². The number of aromatic amines is 1. The summed E-state index contributed by atoms with van der Waals surface area (Å²) in [7, 11) is 0. The molecule has 37 heavy (non-hydrogen) atoms. The summed E-state index contributed by atoms with van der Waals surface area (Å²) in [4.78, 5) is 29.5. The summed E-state index contributed by atoms with van der Waals surface area (Å²) in [5, 5.41) is 4.47. The molecule has 1 fully saturated rings. The maximum atomic E-state index is 12.8. The number of hydrogen-bond acceptors (Lipinski definition) is 4. The van der Waals surface area contributed by atoms with Crippen molar-refractivity contribution in [3.05, 3.63) is 70.4 Å². The molecule has 2 N–H and O–H groups in total. The molecule has 1 saturated heterocycles. The van der Waals surface area contributed by atoms with Crippen LogP contribution in [0.4, 0.5) is 13.2 Å². The number of hydrogen-bond donors (Lipinski definition) is 2. The maximum Gasteiger partial charge on any atom is 0.490 e. The summed E-state index contributed by atoms with van der Waals surface area (Å²) in [6.07, 6.45) is -0.620. The molecule has 6 nitrogen and oxygen atoms in total. The summed E-state index contributed by atoms with van der Waals surface area (Å²) >= 11 is 5.99. The normalized spacial score (nSPS) is 16.0. The molecule has 1 aliphatic heterocycles. The van der Waals surface area contributed by atoms with Crippen molar-refractivity contribution < 1.29 is 27.5 Å². The number of aromatic nitrogens is 1. The topological polar surface area (TPSA) is 74.4 Å². The number of ether oxygens (including phenoxy) is 1. The van der Waals surface area contributed by atoms with Gasteiger partial charge in [-0.3, -0.25) is 4.79 Å². The lowest BCUT2D eigenvalue weighted by Gasteiger charge is -2.26. The number of carbonyl (C=O) groups excluding carboxylic acids is 2. The van der Waals surface area contributed by atoms with Crippen LogP contribution < -0.4 is 5.32 Å². The highest BCUT2D eigenvalue weighted by Gasteiger charge is 2.42. The minimum atomic E-state index is -5.10. The third-order valence-electron chi connectivity index (χ3n) is 6.54. The molecule has 3 aromatic rings. The van der Waals surface area contributed by atoms with Gasteiger partial charge in [-0.15, -0.1) is 0 Å². The number of carbonyl (C=O) groups is 2. The molecule has 2 heterocycles. The number of H-pyrrole nitrogens is 1. The molecule has 2 atom stereocenters. The monoisotopic (exact) mass is 535 g/mol. The van der Waals surface area contributed by atoms with E-state index in [0.717, 1.165) is 48.8 Å². The van der Waals surface area contributed by atoms with E-state index in [4.69, 9.17) is 16.3 Å². The maximum absolute atomic E-state index is 12.8. The van der Waals surface area contributed by atoms with Gasteiger partial charge in [0.15, 0.2) is 0 Å². The van der Waals surface area contributed by atoms with Gasteiger partial charge in [0.05, 0.1) is 0 Å². The minimum Gasteiger partial charge on any atom is -0.449 e. The highest BCUT2D eigenvalue weighted by Crippen LogP contribution is 2.26. The number of benzene rings is 2. The van der Waals surface area contributed by atoms with Gasteiger partial charge in [0.2, 0.25) is 0 Å². The SMILES string of the molecule is C[C@H](Cc1c[nH]c2cc(C(=O)N3CCCCC3)ccc12)NC[C@H](OC(=O)C(F)(F)F)c1cccc(Cl)c1. The summed E-state index contributed by atoms with van der Waals surface area (Å²) in [6.45, 7) is 3.43. The third kappa shape index (κ3) is 6.84. The minimum absolute atomic E-state index is 0.0276. The zero-order valence-electron chi connectivity index (χ0n) is 20.4. The van der Waals surface area contributed by atoms with Crippen molar-refractivity contribution in [1.29, 1.82) is 0 Å². The third-order valence-corrected chi connectivity index (χ3v) is 6.77. The Labute approximate surface area is 218 Å². The Morgan fingerprint density at radius 2 is 1.89 bits per heavy atom. The van der Waals surface area contributed by atoms with Gasteiger partial charge in [0, 0.05) is 53.4 Å². The van der Waals surface area contributed by atoms with E-state index in [1.54, 1.807) is 18.2 Å². The van der Waals surface area contributed by atoms with Crippen LogP contribution in [0.25, 0.3) is 10.9 Å². The van der Waals surface area contributed by atoms with Gasteiger partial charge in [0.25, 0.3) is 5.91 Å². The Kier molecular flexibility index (Phi) is 8.44. The number of halogens is 4. The van der Waals surface area contributed by atoms with Crippen LogP contribution in [-0.4, -0.2) is 53.6 Å². The second-order valence-corrected chi connectivity index (χ2v) is 9.82. The fraction of sp³-hybridized carbons (Fsp3) is 0.407. The quantitative estimate of drug-likeness (QED) is 0.357. The standard InChI is InChI=1S/C27H29ClF3N3O3/c1-17(32-16-24(37-26(36)27(29,30)31)18-6-5-7-21(28)13-18)12-20-15-33-23-14-19(8-9-22(20)23)25(35)34-10-3-2-4-11-34/h5-9,13-15,17,24,32-33H,2-4,10-12,16H2,1H3/t17-,24+/m1/s1. The Bertz CT molecular complexity index is 1250. The number of amides is 1. The number of likely N-dealkylation sites (tertiary alicyclic amines) is 1. The Morgan fingerprint density at radius 1 is 1.14 bits per heavy atom. The Hall–Kier alpha value is -3.04. The molecule has 0 saturated carbocycles. The summed E-state index contributed by atoms with van der Waals surface area (Å²) in [5.41, 5.74) is 2.85. The van der Waals surface area contributed by atoms with Crippen LogP contribution in [0, 0.1) is 0 Å². The molecule has 0 unspecified atom stereocenters. The Balaban J connectivity index is 1.42. The van der Waals surface area contributed by atoms with Crippen LogP contribution >= 0.6 is 11.6 Å². The predicted octanol–water partition coefficient (Wildman–Crippen LogP) is 5.81. The molecule has 4 rings (SSSR count). The van der Waals surface area contributed by atoms with Crippen molar-refractivity contribution in [3.8, 4) is 0 Å². The summed E-state index contributed by atoms with van der Waals surface area (Å²) in [5.74, 6) is -2.22. The molecular weight excluding hydrogens is 507 g/mol. The van der Waals surface area contributed by atoms with Gasteiger partial charge in [-0.05, 0) is 68.0 Å². The van der Waals surface area contributed by atoms with Crippen LogP contribution in [0.15, 0.2) is 48.7 Å². The first-order valence-corrected chi connectivity index (χ1v) is 12.7. The largest absolute Gasteiger partial charge is 0.490 e. The van der Waals surface area contributed by atoms with Gasteiger partial charge in [0.1, 0.15) is 6.10 Å². The van der Waals surface area contributed by atoms with Crippen LogP contribution in [0.1, 0.15) is 53.8 Å². The summed E-state index contributed by atoms with van der Waals surface area (Å²) in [6, 6.07) is 11.7. The average Bonchev–Trinajstić information content (AvgIpc) is 3.27. The molecule has 10 heteroatoms. The van der Waals surface area contributed by atoms with Crippen molar-refractivity contribution in [3.63, 3.8) is 0 Å². The lowest BCUT2D eigenvalue weighted by Crippen LogP contribution is -2.35. The van der Waals surface area contributed by atoms with E-state index >= 15 is 0 Å². The number of nitrogens with zero attached hydrogens (tertiary/aromatic N) is 1. The highest BCUT2D eigenvalue weighted by atomic mass is 35.5. The number of esters is 1. The zero-order valence-corrected chi connectivity index (χ0v) is 21.2. The fourth-order valence-corrected chi connectivity index (χ4v) is 4.81. The molecule has 0 aliphatic carbocycles. The Morgan fingerprint density at radius 3 is 2.59 bits per heavy atom. The second kappa shape index (κ2) is 11.6. The van der Waals surface area contributed by atoms with E-state index in [9.17, 15) is 22.8 Å².